The van der Waals surface area contributed by atoms with Gasteiger partial charge in [-0.15, -0.1) is 0 Å². The fourth-order valence-electron chi connectivity index (χ4n) is 2.75. The molecule has 0 aromatic heterocycles. The van der Waals surface area contributed by atoms with Gasteiger partial charge >= 0.3 is 0 Å². The first-order chi connectivity index (χ1) is 9.53. The van der Waals surface area contributed by atoms with Gasteiger partial charge in [0.2, 0.25) is 0 Å². The Morgan fingerprint density at radius 1 is 1.30 bits per heavy atom. The molecule has 2 nitrogen and oxygen atoms in total. The number of Topliss-reactive ketones (excluding diaryl/α,β-unsaturated/α-hetero) is 1. The molecule has 1 saturated heterocycles. The summed E-state index contributed by atoms with van der Waals surface area (Å²) in [6.07, 6.45) is 2.04. The van der Waals surface area contributed by atoms with Gasteiger partial charge < -0.3 is 0 Å². The first-order valence-corrected chi connectivity index (χ1v) is 8.49. The molecule has 3 heteroatoms. The van der Waals surface area contributed by atoms with Crippen LogP contribution in [0.1, 0.15) is 44.0 Å². The molecule has 0 saturated carbocycles. The Morgan fingerprint density at radius 2 is 2.00 bits per heavy atom. The summed E-state index contributed by atoms with van der Waals surface area (Å²) in [7, 11) is 0. The van der Waals surface area contributed by atoms with Gasteiger partial charge in [-0.25, -0.2) is 0 Å². The lowest BCUT2D eigenvalue weighted by molar-refractivity contribution is 0.0818. The fourth-order valence-corrected chi connectivity index (χ4v) is 3.87. The van der Waals surface area contributed by atoms with Gasteiger partial charge in [-0.2, -0.15) is 11.8 Å². The van der Waals surface area contributed by atoms with Crippen molar-refractivity contribution in [3.05, 3.63) is 35.9 Å². The van der Waals surface area contributed by atoms with E-state index in [9.17, 15) is 4.79 Å². The lowest BCUT2D eigenvalue weighted by Crippen LogP contribution is -2.42. The first-order valence-electron chi connectivity index (χ1n) is 7.51. The molecule has 0 radical (unpaired) electrons. The van der Waals surface area contributed by atoms with Gasteiger partial charge in [0.1, 0.15) is 0 Å². The van der Waals surface area contributed by atoms with Crippen LogP contribution in [-0.2, 0) is 0 Å². The quantitative estimate of drug-likeness (QED) is 0.786. The van der Waals surface area contributed by atoms with Gasteiger partial charge in [0.05, 0.1) is 6.04 Å². The molecule has 0 bridgehead atoms. The van der Waals surface area contributed by atoms with Gasteiger partial charge in [-0.3, -0.25) is 9.69 Å². The normalized spacial score (nSPS) is 21.1. The van der Waals surface area contributed by atoms with Crippen molar-refractivity contribution in [1.82, 2.24) is 4.90 Å². The molecule has 1 aliphatic heterocycles. The molecule has 0 amide bonds. The van der Waals surface area contributed by atoms with Crippen LogP contribution in [0, 0.1) is 0 Å². The van der Waals surface area contributed by atoms with Crippen LogP contribution in [0.15, 0.2) is 30.3 Å². The number of carbonyl (C=O) groups is 1. The summed E-state index contributed by atoms with van der Waals surface area (Å²) in [4.78, 5) is 15.1. The number of ketones is 1. The van der Waals surface area contributed by atoms with Gasteiger partial charge in [0.15, 0.2) is 5.78 Å². The fraction of sp³-hybridized carbons (Fsp3) is 0.588. The molecule has 1 aromatic rings. The number of nitrogens with zero attached hydrogens (tertiary/aromatic N) is 1. The Morgan fingerprint density at radius 3 is 2.65 bits per heavy atom. The minimum atomic E-state index is 0.0342. The topological polar surface area (TPSA) is 20.3 Å². The van der Waals surface area contributed by atoms with E-state index in [2.05, 4.69) is 25.7 Å². The zero-order valence-electron chi connectivity index (χ0n) is 12.8. The Labute approximate surface area is 126 Å². The minimum Gasteiger partial charge on any atom is -0.292 e. The summed E-state index contributed by atoms with van der Waals surface area (Å²) < 4.78 is 0.336. The van der Waals surface area contributed by atoms with Crippen molar-refractivity contribution in [3.63, 3.8) is 0 Å². The molecule has 110 valence electrons. The predicted octanol–water partition coefficient (Wildman–Crippen LogP) is 3.87. The molecule has 20 heavy (non-hydrogen) atoms. The van der Waals surface area contributed by atoms with Gasteiger partial charge in [0.25, 0.3) is 0 Å². The Balaban J connectivity index is 2.10. The van der Waals surface area contributed by atoms with E-state index in [1.807, 2.05) is 42.1 Å². The van der Waals surface area contributed by atoms with Crippen molar-refractivity contribution in [2.75, 3.05) is 18.8 Å². The number of hydrogen-bond donors (Lipinski definition) is 0. The van der Waals surface area contributed by atoms with Crippen molar-refractivity contribution in [1.29, 1.82) is 0 Å². The van der Waals surface area contributed by atoms with E-state index in [4.69, 9.17) is 0 Å². The van der Waals surface area contributed by atoms with Crippen LogP contribution in [0.5, 0.6) is 0 Å². The van der Waals surface area contributed by atoms with E-state index in [0.717, 1.165) is 37.2 Å². The average Bonchev–Trinajstić information content (AvgIpc) is 2.62. The van der Waals surface area contributed by atoms with Crippen LogP contribution in [0.25, 0.3) is 0 Å². The highest BCUT2D eigenvalue weighted by Gasteiger charge is 2.30. The average molecular weight is 291 g/mol. The molecule has 1 aromatic carbocycles. The Hall–Kier alpha value is -0.800. The van der Waals surface area contributed by atoms with E-state index in [1.165, 1.54) is 0 Å². The predicted molar refractivity (Wildman–Crippen MR) is 87.6 cm³/mol. The summed E-state index contributed by atoms with van der Waals surface area (Å²) in [6, 6.07) is 9.75. The van der Waals surface area contributed by atoms with Crippen LogP contribution in [0.2, 0.25) is 0 Å². The Kier molecular flexibility index (Phi) is 5.28. The van der Waals surface area contributed by atoms with Crippen LogP contribution in [-0.4, -0.2) is 40.3 Å². The smallest absolute Gasteiger partial charge is 0.179 e. The highest BCUT2D eigenvalue weighted by atomic mass is 32.2. The molecule has 1 atom stereocenters. The molecule has 1 fully saturated rings. The van der Waals surface area contributed by atoms with Gasteiger partial charge in [0, 0.05) is 29.2 Å². The van der Waals surface area contributed by atoms with E-state index in [0.29, 0.717) is 4.75 Å². The zero-order chi connectivity index (χ0) is 14.6. The molecule has 0 spiro atoms. The summed E-state index contributed by atoms with van der Waals surface area (Å²) in [6.45, 7) is 8.78. The van der Waals surface area contributed by atoms with Crippen LogP contribution >= 0.6 is 11.8 Å². The van der Waals surface area contributed by atoms with Crippen LogP contribution in [0.3, 0.4) is 0 Å². The highest BCUT2D eigenvalue weighted by molar-refractivity contribution is 8.00. The van der Waals surface area contributed by atoms with Crippen molar-refractivity contribution >= 4 is 17.5 Å². The molecule has 0 aliphatic carbocycles. The maximum atomic E-state index is 12.7. The number of rotatable bonds is 4. The standard InChI is InChI=1S/C17H25NOS/c1-4-15(16(19)14-8-6-5-7-9-14)18-11-10-17(2,3)20-13-12-18/h5-9,15H,4,10-13H2,1-3H3. The summed E-state index contributed by atoms with van der Waals surface area (Å²) >= 11 is 2.03. The van der Waals surface area contributed by atoms with E-state index in [-0.39, 0.29) is 11.8 Å². The van der Waals surface area contributed by atoms with E-state index < -0.39 is 0 Å². The first kappa shape index (κ1) is 15.6. The van der Waals surface area contributed by atoms with Crippen LogP contribution < -0.4 is 0 Å². The Bertz CT molecular complexity index is 444. The molecule has 1 aliphatic rings. The molecular weight excluding hydrogens is 266 g/mol. The van der Waals surface area contributed by atoms with Crippen molar-refractivity contribution in [2.45, 2.75) is 44.4 Å². The van der Waals surface area contributed by atoms with Crippen molar-refractivity contribution in [3.8, 4) is 0 Å². The summed E-state index contributed by atoms with van der Waals surface area (Å²) in [5.41, 5.74) is 0.843. The number of thioether (sulfide) groups is 1. The maximum Gasteiger partial charge on any atom is 0.179 e. The third-order valence-corrected chi connectivity index (χ3v) is 5.43. The molecule has 0 N–H and O–H groups in total. The number of carbonyl (C=O) groups excluding carboxylic acids is 1. The third kappa shape index (κ3) is 3.86. The second-order valence-corrected chi connectivity index (χ2v) is 7.85. The highest BCUT2D eigenvalue weighted by Crippen LogP contribution is 2.31. The van der Waals surface area contributed by atoms with E-state index in [1.54, 1.807) is 0 Å². The maximum absolute atomic E-state index is 12.7. The third-order valence-electron chi connectivity index (χ3n) is 4.06. The molecular formula is C17H25NOS. The zero-order valence-corrected chi connectivity index (χ0v) is 13.6. The molecule has 1 heterocycles. The molecule has 2 rings (SSSR count). The SMILES string of the molecule is CCC(C(=O)c1ccccc1)N1CCSC(C)(C)CC1. The largest absolute Gasteiger partial charge is 0.292 e. The second-order valence-electron chi connectivity index (χ2n) is 6.05. The monoisotopic (exact) mass is 291 g/mol. The van der Waals surface area contributed by atoms with Gasteiger partial charge in [-0.1, -0.05) is 51.1 Å². The lowest BCUT2D eigenvalue weighted by atomic mass is 9.99. The van der Waals surface area contributed by atoms with Crippen molar-refractivity contribution < 1.29 is 4.79 Å². The number of benzene rings is 1. The second kappa shape index (κ2) is 6.77. The molecule has 1 unspecified atom stereocenters. The number of hydrogen-bond acceptors (Lipinski definition) is 3. The summed E-state index contributed by atoms with van der Waals surface area (Å²) in [5.74, 6) is 1.39. The van der Waals surface area contributed by atoms with Crippen LogP contribution in [0.4, 0.5) is 0 Å². The summed E-state index contributed by atoms with van der Waals surface area (Å²) in [5, 5.41) is 0. The van der Waals surface area contributed by atoms with Gasteiger partial charge in [-0.05, 0) is 12.8 Å². The van der Waals surface area contributed by atoms with E-state index >= 15 is 0 Å². The lowest BCUT2D eigenvalue weighted by Gasteiger charge is -2.29. The minimum absolute atomic E-state index is 0.0342. The van der Waals surface area contributed by atoms with Crippen molar-refractivity contribution in [2.24, 2.45) is 0 Å².